The second kappa shape index (κ2) is 6.74. The summed E-state index contributed by atoms with van der Waals surface area (Å²) in [5.74, 6) is 0.677. The number of nitrogens with zero attached hydrogens (tertiary/aromatic N) is 4. The summed E-state index contributed by atoms with van der Waals surface area (Å²) in [6.45, 7) is 4.60. The molecule has 7 nitrogen and oxygen atoms in total. The van der Waals surface area contributed by atoms with Gasteiger partial charge in [0.15, 0.2) is 5.82 Å². The minimum Gasteiger partial charge on any atom is -0.507 e. The molecule has 3 N–H and O–H groups in total. The fraction of sp³-hybridized carbons (Fsp3) is 0.353. The van der Waals surface area contributed by atoms with Crippen LogP contribution in [0.2, 0.25) is 0 Å². The number of aromatic hydroxyl groups is 1. The average Bonchev–Trinajstić information content (AvgIpc) is 2.62. The van der Waals surface area contributed by atoms with Crippen molar-refractivity contribution in [3.8, 4) is 17.0 Å². The Morgan fingerprint density at radius 2 is 1.92 bits per heavy atom. The molecule has 0 atom stereocenters. The predicted molar refractivity (Wildman–Crippen MR) is 92.6 cm³/mol. The summed E-state index contributed by atoms with van der Waals surface area (Å²) in [6, 6.07) is 8.84. The van der Waals surface area contributed by atoms with E-state index in [4.69, 9.17) is 5.73 Å². The van der Waals surface area contributed by atoms with Crippen LogP contribution in [0.4, 0.5) is 11.5 Å². The number of phenols is 1. The highest BCUT2D eigenvalue weighted by Gasteiger charge is 2.22. The summed E-state index contributed by atoms with van der Waals surface area (Å²) in [7, 11) is 0. The topological polar surface area (TPSA) is 95.6 Å². The van der Waals surface area contributed by atoms with Crippen molar-refractivity contribution in [2.45, 2.75) is 13.3 Å². The molecular weight excluding hydrogens is 306 g/mol. The van der Waals surface area contributed by atoms with Gasteiger partial charge in [-0.15, -0.1) is 10.2 Å². The largest absolute Gasteiger partial charge is 0.507 e. The van der Waals surface area contributed by atoms with Crippen molar-refractivity contribution in [3.05, 3.63) is 30.3 Å². The van der Waals surface area contributed by atoms with E-state index < -0.39 is 0 Å². The Hall–Kier alpha value is -2.83. The number of hydrogen-bond donors (Lipinski definition) is 2. The summed E-state index contributed by atoms with van der Waals surface area (Å²) in [6.07, 6.45) is 0.524. The molecule has 7 heteroatoms. The summed E-state index contributed by atoms with van der Waals surface area (Å²) in [5, 5.41) is 18.1. The first-order chi connectivity index (χ1) is 11.6. The monoisotopic (exact) mass is 327 g/mol. The number of anilines is 2. The number of benzene rings is 1. The number of nitrogens with two attached hydrogens (primary N) is 1. The number of hydrogen-bond acceptors (Lipinski definition) is 6. The third-order valence-electron chi connectivity index (χ3n) is 4.26. The third kappa shape index (κ3) is 3.10. The number of phenolic OH excluding ortho intramolecular Hbond substituents is 1. The van der Waals surface area contributed by atoms with Gasteiger partial charge in [-0.2, -0.15) is 0 Å². The lowest BCUT2D eigenvalue weighted by molar-refractivity contribution is -0.131. The first-order valence-corrected chi connectivity index (χ1v) is 8.04. The average molecular weight is 327 g/mol. The molecule has 2 heterocycles. The van der Waals surface area contributed by atoms with Gasteiger partial charge in [0.25, 0.3) is 0 Å². The van der Waals surface area contributed by atoms with Gasteiger partial charge in [0.05, 0.1) is 11.4 Å². The smallest absolute Gasteiger partial charge is 0.222 e. The number of carbonyl (C=O) groups is 1. The van der Waals surface area contributed by atoms with Gasteiger partial charge in [-0.25, -0.2) is 0 Å². The summed E-state index contributed by atoms with van der Waals surface area (Å²) < 4.78 is 0. The van der Waals surface area contributed by atoms with E-state index in [0.29, 0.717) is 49.7 Å². The van der Waals surface area contributed by atoms with Crippen LogP contribution in [-0.4, -0.2) is 52.3 Å². The Labute approximate surface area is 140 Å². The van der Waals surface area contributed by atoms with E-state index >= 15 is 0 Å². The molecule has 1 aliphatic heterocycles. The molecule has 0 aliphatic carbocycles. The second-order valence-corrected chi connectivity index (χ2v) is 5.74. The Morgan fingerprint density at radius 3 is 2.58 bits per heavy atom. The Morgan fingerprint density at radius 1 is 1.21 bits per heavy atom. The maximum atomic E-state index is 11.8. The molecule has 1 amide bonds. The van der Waals surface area contributed by atoms with Gasteiger partial charge < -0.3 is 20.6 Å². The third-order valence-corrected chi connectivity index (χ3v) is 4.26. The molecule has 1 fully saturated rings. The molecule has 1 saturated heterocycles. The number of nitrogen functional groups attached to an aromatic ring is 1. The molecule has 0 saturated carbocycles. The lowest BCUT2D eigenvalue weighted by Gasteiger charge is -2.36. The Bertz CT molecular complexity index is 742. The lowest BCUT2D eigenvalue weighted by Crippen LogP contribution is -2.48. The van der Waals surface area contributed by atoms with Crippen molar-refractivity contribution >= 4 is 17.4 Å². The zero-order valence-electron chi connectivity index (χ0n) is 13.6. The number of aromatic nitrogens is 2. The van der Waals surface area contributed by atoms with E-state index in [1.54, 1.807) is 18.2 Å². The number of amides is 1. The highest BCUT2D eigenvalue weighted by Crippen LogP contribution is 2.31. The quantitative estimate of drug-likeness (QED) is 0.887. The van der Waals surface area contributed by atoms with Gasteiger partial charge in [0.1, 0.15) is 5.75 Å². The molecule has 0 radical (unpaired) electrons. The highest BCUT2D eigenvalue weighted by molar-refractivity contribution is 5.77. The van der Waals surface area contributed by atoms with E-state index in [1.165, 1.54) is 0 Å². The maximum absolute atomic E-state index is 11.8. The van der Waals surface area contributed by atoms with Crippen LogP contribution in [0.1, 0.15) is 13.3 Å². The fourth-order valence-corrected chi connectivity index (χ4v) is 2.89. The number of carbonyl (C=O) groups excluding carboxylic acids is 1. The van der Waals surface area contributed by atoms with Gasteiger partial charge in [0.2, 0.25) is 5.91 Å². The van der Waals surface area contributed by atoms with E-state index in [2.05, 4.69) is 15.1 Å². The van der Waals surface area contributed by atoms with Crippen LogP contribution in [0.15, 0.2) is 30.3 Å². The van der Waals surface area contributed by atoms with Crippen molar-refractivity contribution in [3.63, 3.8) is 0 Å². The molecule has 1 aliphatic rings. The van der Waals surface area contributed by atoms with Gasteiger partial charge in [-0.05, 0) is 18.2 Å². The predicted octanol–water partition coefficient (Wildman–Crippen LogP) is 1.49. The number of para-hydroxylation sites is 1. The van der Waals surface area contributed by atoms with Crippen LogP contribution in [0.5, 0.6) is 5.75 Å². The van der Waals surface area contributed by atoms with Crippen LogP contribution in [0.25, 0.3) is 11.3 Å². The summed E-state index contributed by atoms with van der Waals surface area (Å²) >= 11 is 0. The molecule has 2 aromatic rings. The standard InChI is InChI=1S/C17H21N5O2/c1-2-16(24)22-9-7-21(8-10-22)14-11-13(19-20-17(14)18)12-5-3-4-6-15(12)23/h3-6,11,23H,2,7-10H2,1H3,(H2,18,20). The van der Waals surface area contributed by atoms with Gasteiger partial charge in [0, 0.05) is 38.2 Å². The normalized spacial score (nSPS) is 14.7. The van der Waals surface area contributed by atoms with Crippen molar-refractivity contribution in [2.75, 3.05) is 36.8 Å². The van der Waals surface area contributed by atoms with Gasteiger partial charge >= 0.3 is 0 Å². The molecule has 1 aromatic carbocycles. The zero-order chi connectivity index (χ0) is 17.1. The summed E-state index contributed by atoms with van der Waals surface area (Å²) in [4.78, 5) is 15.8. The van der Waals surface area contributed by atoms with Crippen LogP contribution in [-0.2, 0) is 4.79 Å². The van der Waals surface area contributed by atoms with E-state index in [-0.39, 0.29) is 11.7 Å². The molecule has 3 rings (SSSR count). The van der Waals surface area contributed by atoms with Crippen LogP contribution in [0.3, 0.4) is 0 Å². The second-order valence-electron chi connectivity index (χ2n) is 5.74. The van der Waals surface area contributed by atoms with Crippen molar-refractivity contribution in [2.24, 2.45) is 0 Å². The molecule has 24 heavy (non-hydrogen) atoms. The van der Waals surface area contributed by atoms with Gasteiger partial charge in [-0.3, -0.25) is 4.79 Å². The molecule has 0 bridgehead atoms. The minimum atomic E-state index is 0.154. The summed E-state index contributed by atoms with van der Waals surface area (Å²) in [5.41, 5.74) is 7.97. The molecular formula is C17H21N5O2. The highest BCUT2D eigenvalue weighted by atomic mass is 16.3. The number of piperazine rings is 1. The minimum absolute atomic E-state index is 0.154. The Balaban J connectivity index is 1.83. The van der Waals surface area contributed by atoms with Gasteiger partial charge in [-0.1, -0.05) is 19.1 Å². The molecule has 0 unspecified atom stereocenters. The first kappa shape index (κ1) is 16.0. The Kier molecular flexibility index (Phi) is 4.50. The van der Waals surface area contributed by atoms with Crippen molar-refractivity contribution in [1.82, 2.24) is 15.1 Å². The van der Waals surface area contributed by atoms with Crippen LogP contribution < -0.4 is 10.6 Å². The molecule has 1 aromatic heterocycles. The SMILES string of the molecule is CCC(=O)N1CCN(c2cc(-c3ccccc3O)nnc2N)CC1. The van der Waals surface area contributed by atoms with Crippen LogP contribution >= 0.6 is 0 Å². The van der Waals surface area contributed by atoms with Crippen molar-refractivity contribution < 1.29 is 9.90 Å². The fourth-order valence-electron chi connectivity index (χ4n) is 2.89. The van der Waals surface area contributed by atoms with E-state index in [9.17, 15) is 9.90 Å². The maximum Gasteiger partial charge on any atom is 0.222 e. The van der Waals surface area contributed by atoms with Crippen molar-refractivity contribution in [1.29, 1.82) is 0 Å². The lowest BCUT2D eigenvalue weighted by atomic mass is 10.1. The van der Waals surface area contributed by atoms with E-state index in [1.807, 2.05) is 24.0 Å². The van der Waals surface area contributed by atoms with E-state index in [0.717, 1.165) is 5.69 Å². The van der Waals surface area contributed by atoms with Crippen LogP contribution in [0, 0.1) is 0 Å². The molecule has 126 valence electrons. The number of rotatable bonds is 3. The zero-order valence-corrected chi connectivity index (χ0v) is 13.6. The first-order valence-electron chi connectivity index (χ1n) is 8.04. The molecule has 0 spiro atoms.